The number of rotatable bonds is 5. The molecular weight excluding hydrogens is 246 g/mol. The molecule has 1 aromatic rings. The zero-order chi connectivity index (χ0) is 13.8. The molecule has 0 aromatic carbocycles. The minimum atomic E-state index is -0.397. The second-order valence-corrected chi connectivity index (χ2v) is 5.12. The molecule has 0 aliphatic carbocycles. The SMILES string of the molecule is CCC(C)c1cc(C(=O)NCC2CNCC2O)on1. The second kappa shape index (κ2) is 6.16. The van der Waals surface area contributed by atoms with E-state index in [9.17, 15) is 9.90 Å². The molecule has 6 nitrogen and oxygen atoms in total. The van der Waals surface area contributed by atoms with Crippen LogP contribution in [0.3, 0.4) is 0 Å². The van der Waals surface area contributed by atoms with Gasteiger partial charge in [0, 0.05) is 37.5 Å². The molecule has 1 aliphatic heterocycles. The van der Waals surface area contributed by atoms with Gasteiger partial charge in [-0.3, -0.25) is 4.79 Å². The van der Waals surface area contributed by atoms with Crippen LogP contribution in [0.4, 0.5) is 0 Å². The van der Waals surface area contributed by atoms with Gasteiger partial charge in [-0.2, -0.15) is 0 Å². The third kappa shape index (κ3) is 3.33. The summed E-state index contributed by atoms with van der Waals surface area (Å²) < 4.78 is 5.05. The smallest absolute Gasteiger partial charge is 0.289 e. The summed E-state index contributed by atoms with van der Waals surface area (Å²) in [5.74, 6) is 0.295. The van der Waals surface area contributed by atoms with Crippen LogP contribution in [0.15, 0.2) is 10.6 Å². The van der Waals surface area contributed by atoms with Gasteiger partial charge in [-0.25, -0.2) is 0 Å². The monoisotopic (exact) mass is 267 g/mol. The van der Waals surface area contributed by atoms with Gasteiger partial charge in [0.2, 0.25) is 5.76 Å². The van der Waals surface area contributed by atoms with Crippen molar-refractivity contribution < 1.29 is 14.4 Å². The van der Waals surface area contributed by atoms with Gasteiger partial charge in [-0.15, -0.1) is 0 Å². The molecule has 106 valence electrons. The number of β-amino-alcohol motifs (C(OH)–C–C–N with tert-alkyl or cyclic N) is 1. The van der Waals surface area contributed by atoms with Crippen LogP contribution in [0, 0.1) is 5.92 Å². The van der Waals surface area contributed by atoms with Crippen molar-refractivity contribution in [3.8, 4) is 0 Å². The predicted octanol–water partition coefficient (Wildman–Crippen LogP) is 0.498. The number of nitrogens with one attached hydrogen (secondary N) is 2. The van der Waals surface area contributed by atoms with Gasteiger partial charge in [0.25, 0.3) is 5.91 Å². The highest BCUT2D eigenvalue weighted by Crippen LogP contribution is 2.18. The molecule has 0 radical (unpaired) electrons. The fourth-order valence-electron chi connectivity index (χ4n) is 2.08. The van der Waals surface area contributed by atoms with Crippen LogP contribution in [0.25, 0.3) is 0 Å². The molecule has 19 heavy (non-hydrogen) atoms. The average molecular weight is 267 g/mol. The third-order valence-electron chi connectivity index (χ3n) is 3.70. The number of hydrogen-bond acceptors (Lipinski definition) is 5. The zero-order valence-electron chi connectivity index (χ0n) is 11.3. The summed E-state index contributed by atoms with van der Waals surface area (Å²) >= 11 is 0. The summed E-state index contributed by atoms with van der Waals surface area (Å²) in [5, 5.41) is 19.4. The van der Waals surface area contributed by atoms with Crippen molar-refractivity contribution in [3.05, 3.63) is 17.5 Å². The van der Waals surface area contributed by atoms with Gasteiger partial charge in [0.05, 0.1) is 11.8 Å². The van der Waals surface area contributed by atoms with Crippen LogP contribution < -0.4 is 10.6 Å². The standard InChI is InChI=1S/C13H21N3O3/c1-3-8(2)10-4-12(19-16-10)13(18)15-6-9-5-14-7-11(9)17/h4,8-9,11,14,17H,3,5-7H2,1-2H3,(H,15,18). The largest absolute Gasteiger partial charge is 0.391 e. The van der Waals surface area contributed by atoms with Gasteiger partial charge in [-0.05, 0) is 6.42 Å². The van der Waals surface area contributed by atoms with Crippen LogP contribution in [-0.2, 0) is 0 Å². The number of aromatic nitrogens is 1. The van der Waals surface area contributed by atoms with E-state index in [4.69, 9.17) is 4.52 Å². The molecule has 3 unspecified atom stereocenters. The molecule has 3 atom stereocenters. The quantitative estimate of drug-likeness (QED) is 0.723. The minimum Gasteiger partial charge on any atom is -0.391 e. The van der Waals surface area contributed by atoms with Gasteiger partial charge < -0.3 is 20.3 Å². The van der Waals surface area contributed by atoms with Crippen LogP contribution in [0.5, 0.6) is 0 Å². The van der Waals surface area contributed by atoms with E-state index in [1.807, 2.05) is 6.92 Å². The molecule has 2 rings (SSSR count). The Hall–Kier alpha value is -1.40. The number of hydrogen-bond donors (Lipinski definition) is 3. The maximum Gasteiger partial charge on any atom is 0.289 e. The maximum atomic E-state index is 11.9. The van der Waals surface area contributed by atoms with Gasteiger partial charge in [-0.1, -0.05) is 19.0 Å². The molecule has 1 aliphatic rings. The first-order valence-electron chi connectivity index (χ1n) is 6.75. The lowest BCUT2D eigenvalue weighted by atomic mass is 10.1. The van der Waals surface area contributed by atoms with E-state index in [1.54, 1.807) is 6.07 Å². The van der Waals surface area contributed by atoms with Crippen molar-refractivity contribution in [1.82, 2.24) is 15.8 Å². The van der Waals surface area contributed by atoms with E-state index in [1.165, 1.54) is 0 Å². The van der Waals surface area contributed by atoms with E-state index in [0.29, 0.717) is 13.1 Å². The Morgan fingerprint density at radius 3 is 3.11 bits per heavy atom. The van der Waals surface area contributed by atoms with Crippen molar-refractivity contribution in [3.63, 3.8) is 0 Å². The van der Waals surface area contributed by atoms with Crippen LogP contribution in [0.2, 0.25) is 0 Å². The van der Waals surface area contributed by atoms with Gasteiger partial charge in [0.15, 0.2) is 0 Å². The van der Waals surface area contributed by atoms with Crippen molar-refractivity contribution in [2.75, 3.05) is 19.6 Å². The van der Waals surface area contributed by atoms with Crippen molar-refractivity contribution in [2.45, 2.75) is 32.3 Å². The molecular formula is C13H21N3O3. The molecule has 3 N–H and O–H groups in total. The molecule has 1 amide bonds. The Morgan fingerprint density at radius 1 is 1.68 bits per heavy atom. The van der Waals surface area contributed by atoms with E-state index >= 15 is 0 Å². The summed E-state index contributed by atoms with van der Waals surface area (Å²) in [5.41, 5.74) is 0.801. The Labute approximate surface area is 112 Å². The Morgan fingerprint density at radius 2 is 2.47 bits per heavy atom. The summed E-state index contributed by atoms with van der Waals surface area (Å²) in [6.45, 7) is 5.84. The maximum absolute atomic E-state index is 11.9. The number of carbonyl (C=O) groups excluding carboxylic acids is 1. The molecule has 0 bridgehead atoms. The lowest BCUT2D eigenvalue weighted by molar-refractivity contribution is 0.0890. The number of amides is 1. The normalized spacial score (nSPS) is 24.4. The molecule has 0 saturated carbocycles. The van der Waals surface area contributed by atoms with Crippen molar-refractivity contribution in [1.29, 1.82) is 0 Å². The first kappa shape index (κ1) is 14.0. The zero-order valence-corrected chi connectivity index (χ0v) is 11.3. The molecule has 2 heterocycles. The van der Waals surface area contributed by atoms with E-state index in [2.05, 4.69) is 22.7 Å². The Bertz CT molecular complexity index is 433. The molecule has 1 fully saturated rings. The highest BCUT2D eigenvalue weighted by Gasteiger charge is 2.25. The number of aliphatic hydroxyl groups excluding tert-OH is 1. The summed E-state index contributed by atoms with van der Waals surface area (Å²) in [6.07, 6.45) is 0.554. The lowest BCUT2D eigenvalue weighted by Gasteiger charge is -2.12. The summed E-state index contributed by atoms with van der Waals surface area (Å²) in [6, 6.07) is 1.69. The lowest BCUT2D eigenvalue weighted by Crippen LogP contribution is -2.34. The first-order valence-corrected chi connectivity index (χ1v) is 6.75. The highest BCUT2D eigenvalue weighted by molar-refractivity contribution is 5.91. The summed E-state index contributed by atoms with van der Waals surface area (Å²) in [7, 11) is 0. The molecule has 1 aromatic heterocycles. The van der Waals surface area contributed by atoms with Crippen LogP contribution in [-0.4, -0.2) is 41.9 Å². The summed E-state index contributed by atoms with van der Waals surface area (Å²) in [4.78, 5) is 11.9. The Kier molecular flexibility index (Phi) is 4.55. The fourth-order valence-corrected chi connectivity index (χ4v) is 2.08. The third-order valence-corrected chi connectivity index (χ3v) is 3.70. The van der Waals surface area contributed by atoms with Crippen LogP contribution in [0.1, 0.15) is 42.4 Å². The Balaban J connectivity index is 1.87. The molecule has 6 heteroatoms. The van der Waals surface area contributed by atoms with Crippen LogP contribution >= 0.6 is 0 Å². The topological polar surface area (TPSA) is 87.4 Å². The number of nitrogens with zero attached hydrogens (tertiary/aromatic N) is 1. The van der Waals surface area contributed by atoms with E-state index in [-0.39, 0.29) is 23.5 Å². The van der Waals surface area contributed by atoms with Crippen molar-refractivity contribution in [2.24, 2.45) is 5.92 Å². The van der Waals surface area contributed by atoms with E-state index in [0.717, 1.165) is 18.7 Å². The van der Waals surface area contributed by atoms with Gasteiger partial charge >= 0.3 is 0 Å². The number of aliphatic hydroxyl groups is 1. The molecule has 0 spiro atoms. The van der Waals surface area contributed by atoms with Crippen molar-refractivity contribution >= 4 is 5.91 Å². The van der Waals surface area contributed by atoms with Gasteiger partial charge in [0.1, 0.15) is 0 Å². The first-order chi connectivity index (χ1) is 9.11. The second-order valence-electron chi connectivity index (χ2n) is 5.12. The number of carbonyl (C=O) groups is 1. The fraction of sp³-hybridized carbons (Fsp3) is 0.692. The predicted molar refractivity (Wildman–Crippen MR) is 69.9 cm³/mol. The minimum absolute atomic E-state index is 0.0564. The van der Waals surface area contributed by atoms with E-state index < -0.39 is 6.10 Å². The average Bonchev–Trinajstić information content (AvgIpc) is 3.04. The molecule has 1 saturated heterocycles. The highest BCUT2D eigenvalue weighted by atomic mass is 16.5.